The van der Waals surface area contributed by atoms with Crippen LogP contribution in [0, 0.1) is 0 Å². The maximum absolute atomic E-state index is 11.4. The standard InChI is InChI=1S/C17H15N3O2/c21-17(20-22)14-8-13-9-15(6-7-16(13)19-11-14)18-10-12-4-2-1-3-5-12/h1-9,11,18,22H,10H2,(H,20,21). The van der Waals surface area contributed by atoms with Crippen LogP contribution in [-0.4, -0.2) is 16.1 Å². The predicted octanol–water partition coefficient (Wildman–Crippen LogP) is 2.97. The molecule has 0 aliphatic rings. The Bertz CT molecular complexity index is 803. The lowest BCUT2D eigenvalue weighted by molar-refractivity contribution is 0.0706. The summed E-state index contributed by atoms with van der Waals surface area (Å²) >= 11 is 0. The van der Waals surface area contributed by atoms with E-state index >= 15 is 0 Å². The van der Waals surface area contributed by atoms with Crippen LogP contribution < -0.4 is 10.8 Å². The van der Waals surface area contributed by atoms with Gasteiger partial charge in [0.25, 0.3) is 5.91 Å². The summed E-state index contributed by atoms with van der Waals surface area (Å²) in [4.78, 5) is 15.6. The normalized spacial score (nSPS) is 10.4. The van der Waals surface area contributed by atoms with Crippen LogP contribution in [0.15, 0.2) is 60.8 Å². The quantitative estimate of drug-likeness (QED) is 0.511. The molecular weight excluding hydrogens is 278 g/mol. The summed E-state index contributed by atoms with van der Waals surface area (Å²) in [6.45, 7) is 0.719. The molecule has 0 radical (unpaired) electrons. The minimum Gasteiger partial charge on any atom is -0.381 e. The largest absolute Gasteiger partial charge is 0.381 e. The Morgan fingerprint density at radius 2 is 1.91 bits per heavy atom. The molecule has 3 N–H and O–H groups in total. The average molecular weight is 293 g/mol. The second-order valence-corrected chi connectivity index (χ2v) is 4.91. The van der Waals surface area contributed by atoms with E-state index in [4.69, 9.17) is 5.21 Å². The Hall–Kier alpha value is -2.92. The third kappa shape index (κ3) is 3.05. The van der Waals surface area contributed by atoms with Gasteiger partial charge in [-0.1, -0.05) is 30.3 Å². The number of carbonyl (C=O) groups is 1. The van der Waals surface area contributed by atoms with Gasteiger partial charge >= 0.3 is 0 Å². The predicted molar refractivity (Wildman–Crippen MR) is 84.8 cm³/mol. The highest BCUT2D eigenvalue weighted by Gasteiger charge is 2.06. The molecule has 1 heterocycles. The van der Waals surface area contributed by atoms with Crippen LogP contribution in [0.3, 0.4) is 0 Å². The number of hydroxylamine groups is 1. The number of fused-ring (bicyclic) bond motifs is 1. The fourth-order valence-corrected chi connectivity index (χ4v) is 2.23. The zero-order chi connectivity index (χ0) is 15.4. The Morgan fingerprint density at radius 3 is 2.68 bits per heavy atom. The number of rotatable bonds is 4. The molecule has 1 aromatic heterocycles. The summed E-state index contributed by atoms with van der Waals surface area (Å²) in [7, 11) is 0. The highest BCUT2D eigenvalue weighted by Crippen LogP contribution is 2.19. The van der Waals surface area contributed by atoms with Crippen LogP contribution >= 0.6 is 0 Å². The van der Waals surface area contributed by atoms with Gasteiger partial charge in [0.2, 0.25) is 0 Å². The first-order chi connectivity index (χ1) is 10.8. The summed E-state index contributed by atoms with van der Waals surface area (Å²) in [6.07, 6.45) is 1.44. The summed E-state index contributed by atoms with van der Waals surface area (Å²) in [5.41, 5.74) is 4.85. The molecule has 3 aromatic rings. The first kappa shape index (κ1) is 14.0. The zero-order valence-corrected chi connectivity index (χ0v) is 11.8. The van der Waals surface area contributed by atoms with Crippen molar-refractivity contribution in [3.05, 3.63) is 71.9 Å². The van der Waals surface area contributed by atoms with Crippen LogP contribution in [0.1, 0.15) is 15.9 Å². The van der Waals surface area contributed by atoms with Gasteiger partial charge in [0.05, 0.1) is 11.1 Å². The highest BCUT2D eigenvalue weighted by molar-refractivity contribution is 5.97. The van der Waals surface area contributed by atoms with E-state index in [1.165, 1.54) is 11.8 Å². The van der Waals surface area contributed by atoms with Gasteiger partial charge in [-0.3, -0.25) is 15.0 Å². The molecule has 22 heavy (non-hydrogen) atoms. The van der Waals surface area contributed by atoms with E-state index in [0.29, 0.717) is 5.56 Å². The maximum Gasteiger partial charge on any atom is 0.276 e. The first-order valence-electron chi connectivity index (χ1n) is 6.88. The van der Waals surface area contributed by atoms with Crippen LogP contribution in [0.4, 0.5) is 5.69 Å². The van der Waals surface area contributed by atoms with Crippen LogP contribution in [0.5, 0.6) is 0 Å². The van der Waals surface area contributed by atoms with Crippen LogP contribution in [0.2, 0.25) is 0 Å². The minimum absolute atomic E-state index is 0.315. The summed E-state index contributed by atoms with van der Waals surface area (Å²) < 4.78 is 0. The van der Waals surface area contributed by atoms with Crippen molar-refractivity contribution < 1.29 is 10.0 Å². The molecule has 2 aromatic carbocycles. The Labute approximate surface area is 127 Å². The van der Waals surface area contributed by atoms with Gasteiger partial charge in [-0.05, 0) is 29.8 Å². The van der Waals surface area contributed by atoms with Gasteiger partial charge in [0.15, 0.2) is 0 Å². The van der Waals surface area contributed by atoms with Crippen molar-refractivity contribution in [1.29, 1.82) is 0 Å². The molecule has 5 nitrogen and oxygen atoms in total. The van der Waals surface area contributed by atoms with E-state index in [2.05, 4.69) is 22.4 Å². The van der Waals surface area contributed by atoms with E-state index < -0.39 is 5.91 Å². The average Bonchev–Trinajstić information content (AvgIpc) is 2.59. The molecule has 0 fully saturated rings. The number of pyridine rings is 1. The number of anilines is 1. The smallest absolute Gasteiger partial charge is 0.276 e. The second kappa shape index (κ2) is 6.24. The molecule has 5 heteroatoms. The summed E-state index contributed by atoms with van der Waals surface area (Å²) in [5, 5.41) is 12.9. The van der Waals surface area contributed by atoms with Crippen molar-refractivity contribution in [3.8, 4) is 0 Å². The van der Waals surface area contributed by atoms with Gasteiger partial charge in [-0.15, -0.1) is 0 Å². The molecule has 0 atom stereocenters. The van der Waals surface area contributed by atoms with Crippen LogP contribution in [-0.2, 0) is 6.54 Å². The lowest BCUT2D eigenvalue weighted by Gasteiger charge is -2.08. The van der Waals surface area contributed by atoms with E-state index in [9.17, 15) is 4.79 Å². The third-order valence-corrected chi connectivity index (χ3v) is 3.38. The van der Waals surface area contributed by atoms with E-state index in [0.717, 1.165) is 23.1 Å². The topological polar surface area (TPSA) is 74.2 Å². The number of carbonyl (C=O) groups excluding carboxylic acids is 1. The molecule has 1 amide bonds. The number of aromatic nitrogens is 1. The molecule has 0 bridgehead atoms. The molecule has 110 valence electrons. The van der Waals surface area contributed by atoms with E-state index in [-0.39, 0.29) is 0 Å². The molecule has 0 aliphatic heterocycles. The second-order valence-electron chi connectivity index (χ2n) is 4.91. The highest BCUT2D eigenvalue weighted by atomic mass is 16.5. The lowest BCUT2D eigenvalue weighted by atomic mass is 10.1. The molecule has 0 aliphatic carbocycles. The monoisotopic (exact) mass is 293 g/mol. The number of nitrogens with one attached hydrogen (secondary N) is 2. The van der Waals surface area contributed by atoms with Gasteiger partial charge in [0.1, 0.15) is 0 Å². The van der Waals surface area contributed by atoms with Crippen molar-refractivity contribution in [2.45, 2.75) is 6.54 Å². The fraction of sp³-hybridized carbons (Fsp3) is 0.0588. The SMILES string of the molecule is O=C(NO)c1cnc2ccc(NCc3ccccc3)cc2c1. The van der Waals surface area contributed by atoms with Crippen molar-refractivity contribution in [2.75, 3.05) is 5.32 Å². The Morgan fingerprint density at radius 1 is 1.09 bits per heavy atom. The van der Waals surface area contributed by atoms with Gasteiger partial charge in [-0.2, -0.15) is 0 Å². The van der Waals surface area contributed by atoms with E-state index in [1.807, 2.05) is 36.4 Å². The third-order valence-electron chi connectivity index (χ3n) is 3.38. The summed E-state index contributed by atoms with van der Waals surface area (Å²) in [5.74, 6) is -0.572. The number of nitrogens with zero attached hydrogens (tertiary/aromatic N) is 1. The van der Waals surface area contributed by atoms with Crippen molar-refractivity contribution in [2.24, 2.45) is 0 Å². The number of hydrogen-bond donors (Lipinski definition) is 3. The van der Waals surface area contributed by atoms with Gasteiger partial charge in [0, 0.05) is 23.8 Å². The number of hydrogen-bond acceptors (Lipinski definition) is 4. The van der Waals surface area contributed by atoms with Crippen LogP contribution in [0.25, 0.3) is 10.9 Å². The first-order valence-corrected chi connectivity index (χ1v) is 6.88. The molecular formula is C17H15N3O2. The van der Waals surface area contributed by atoms with Crippen molar-refractivity contribution in [3.63, 3.8) is 0 Å². The molecule has 0 saturated heterocycles. The lowest BCUT2D eigenvalue weighted by Crippen LogP contribution is -2.18. The molecule has 0 spiro atoms. The number of amides is 1. The Kier molecular flexibility index (Phi) is 3.98. The van der Waals surface area contributed by atoms with E-state index in [1.54, 1.807) is 11.5 Å². The zero-order valence-electron chi connectivity index (χ0n) is 11.8. The summed E-state index contributed by atoms with van der Waals surface area (Å²) in [6, 6.07) is 17.6. The van der Waals surface area contributed by atoms with Gasteiger partial charge in [-0.25, -0.2) is 5.48 Å². The minimum atomic E-state index is -0.572. The van der Waals surface area contributed by atoms with Crippen molar-refractivity contribution in [1.82, 2.24) is 10.5 Å². The number of benzene rings is 2. The Balaban J connectivity index is 1.83. The fourth-order valence-electron chi connectivity index (χ4n) is 2.23. The maximum atomic E-state index is 11.4. The molecule has 0 saturated carbocycles. The van der Waals surface area contributed by atoms with Gasteiger partial charge < -0.3 is 5.32 Å². The molecule has 0 unspecified atom stereocenters. The van der Waals surface area contributed by atoms with Crippen molar-refractivity contribution >= 4 is 22.5 Å². The molecule has 3 rings (SSSR count).